The summed E-state index contributed by atoms with van der Waals surface area (Å²) >= 11 is 12.2. The molecule has 2 heterocycles. The predicted molar refractivity (Wildman–Crippen MR) is 124 cm³/mol. The molecule has 0 bridgehead atoms. The molecule has 3 aliphatic rings. The van der Waals surface area contributed by atoms with E-state index >= 15 is 0 Å². The molecule has 174 valence electrons. The molecule has 4 amide bonds. The van der Waals surface area contributed by atoms with Gasteiger partial charge in [0.25, 0.3) is 5.91 Å². The Bertz CT molecular complexity index is 897. The molecule has 1 unspecified atom stereocenters. The molecule has 9 heteroatoms. The second-order valence-electron chi connectivity index (χ2n) is 9.13. The van der Waals surface area contributed by atoms with Gasteiger partial charge in [-0.1, -0.05) is 42.1 Å². The van der Waals surface area contributed by atoms with Crippen molar-refractivity contribution in [2.75, 3.05) is 26.2 Å². The smallest absolute Gasteiger partial charge is 0.325 e. The Morgan fingerprint density at radius 2 is 1.81 bits per heavy atom. The van der Waals surface area contributed by atoms with Gasteiger partial charge in [-0.3, -0.25) is 9.59 Å². The highest BCUT2D eigenvalue weighted by Gasteiger charge is 2.54. The van der Waals surface area contributed by atoms with Gasteiger partial charge in [0.2, 0.25) is 5.91 Å². The highest BCUT2D eigenvalue weighted by atomic mass is 35.5. The van der Waals surface area contributed by atoms with Gasteiger partial charge in [-0.15, -0.1) is 0 Å². The zero-order chi connectivity index (χ0) is 22.9. The van der Waals surface area contributed by atoms with E-state index in [1.165, 1.54) is 12.8 Å². The van der Waals surface area contributed by atoms with E-state index in [9.17, 15) is 14.4 Å². The van der Waals surface area contributed by atoms with Crippen molar-refractivity contribution in [3.8, 4) is 0 Å². The maximum Gasteiger partial charge on any atom is 0.325 e. The third-order valence-corrected chi connectivity index (χ3v) is 7.69. The SMILES string of the molecule is CC(C(=O)N(CCN1CCCC1)Cc1ccc(Cl)c(Cl)c1)N1C(=O)NC2(CCCC2)C1=O. The van der Waals surface area contributed by atoms with Crippen LogP contribution in [-0.2, 0) is 16.1 Å². The Kier molecular flexibility index (Phi) is 6.98. The number of rotatable bonds is 7. The van der Waals surface area contributed by atoms with Crippen LogP contribution in [0.3, 0.4) is 0 Å². The molecule has 1 aromatic rings. The van der Waals surface area contributed by atoms with E-state index in [-0.39, 0.29) is 11.8 Å². The summed E-state index contributed by atoms with van der Waals surface area (Å²) in [6.45, 7) is 5.30. The number of carbonyl (C=O) groups excluding carboxylic acids is 3. The van der Waals surface area contributed by atoms with Crippen molar-refractivity contribution in [3.63, 3.8) is 0 Å². The molecule has 1 aromatic carbocycles. The normalized spacial score (nSPS) is 21.4. The average Bonchev–Trinajstić information content (AvgIpc) is 3.50. The number of nitrogens with zero attached hydrogens (tertiary/aromatic N) is 3. The van der Waals surface area contributed by atoms with Crippen molar-refractivity contribution >= 4 is 41.0 Å². The average molecular weight is 481 g/mol. The molecule has 0 aromatic heterocycles. The van der Waals surface area contributed by atoms with Crippen LogP contribution in [-0.4, -0.2) is 70.3 Å². The molecule has 3 fully saturated rings. The summed E-state index contributed by atoms with van der Waals surface area (Å²) in [6, 6.07) is 3.98. The summed E-state index contributed by atoms with van der Waals surface area (Å²) in [6.07, 6.45) is 5.42. The molecule has 7 nitrogen and oxygen atoms in total. The zero-order valence-electron chi connectivity index (χ0n) is 18.4. The van der Waals surface area contributed by atoms with Crippen molar-refractivity contribution in [1.82, 2.24) is 20.0 Å². The lowest BCUT2D eigenvalue weighted by atomic mass is 9.97. The predicted octanol–water partition coefficient (Wildman–Crippen LogP) is 3.67. The lowest BCUT2D eigenvalue weighted by Crippen LogP contribution is -2.51. The summed E-state index contributed by atoms with van der Waals surface area (Å²) in [5, 5.41) is 3.76. The molecule has 1 aliphatic carbocycles. The van der Waals surface area contributed by atoms with Crippen molar-refractivity contribution < 1.29 is 14.4 Å². The van der Waals surface area contributed by atoms with Gasteiger partial charge in [0.15, 0.2) is 0 Å². The number of amides is 4. The van der Waals surface area contributed by atoms with Gasteiger partial charge in [-0.05, 0) is 63.4 Å². The summed E-state index contributed by atoms with van der Waals surface area (Å²) in [7, 11) is 0. The van der Waals surface area contributed by atoms with Crippen LogP contribution in [0.4, 0.5) is 4.79 Å². The lowest BCUT2D eigenvalue weighted by molar-refractivity contribution is -0.143. The first-order valence-electron chi connectivity index (χ1n) is 11.4. The van der Waals surface area contributed by atoms with Crippen molar-refractivity contribution in [3.05, 3.63) is 33.8 Å². The van der Waals surface area contributed by atoms with Crippen LogP contribution in [0.5, 0.6) is 0 Å². The standard InChI is InChI=1S/C23H30Cl2N4O3/c1-16(29-21(31)23(26-22(29)32)8-2-3-9-23)20(30)28(13-12-27-10-4-5-11-27)15-17-6-7-18(24)19(25)14-17/h6-7,14,16H,2-5,8-13,15H2,1H3,(H,26,32). The minimum absolute atomic E-state index is 0.242. The Morgan fingerprint density at radius 1 is 1.12 bits per heavy atom. The Balaban J connectivity index is 1.51. The topological polar surface area (TPSA) is 73.0 Å². The number of hydrogen-bond donors (Lipinski definition) is 1. The van der Waals surface area contributed by atoms with E-state index in [4.69, 9.17) is 23.2 Å². The maximum absolute atomic E-state index is 13.6. The molecular weight excluding hydrogens is 451 g/mol. The highest BCUT2D eigenvalue weighted by Crippen LogP contribution is 2.36. The first-order valence-corrected chi connectivity index (χ1v) is 12.2. The molecule has 2 saturated heterocycles. The largest absolute Gasteiger partial charge is 0.335 e. The molecule has 1 saturated carbocycles. The van der Waals surface area contributed by atoms with Gasteiger partial charge >= 0.3 is 6.03 Å². The minimum atomic E-state index is -0.871. The number of nitrogens with one attached hydrogen (secondary N) is 1. The highest BCUT2D eigenvalue weighted by molar-refractivity contribution is 6.42. The fourth-order valence-electron chi connectivity index (χ4n) is 5.08. The summed E-state index contributed by atoms with van der Waals surface area (Å²) in [5.74, 6) is -0.510. The quantitative estimate of drug-likeness (QED) is 0.604. The van der Waals surface area contributed by atoms with Gasteiger partial charge in [0.05, 0.1) is 10.0 Å². The molecule has 1 N–H and O–H groups in total. The van der Waals surface area contributed by atoms with E-state index in [0.29, 0.717) is 36.0 Å². The van der Waals surface area contributed by atoms with E-state index in [0.717, 1.165) is 42.9 Å². The fourth-order valence-corrected chi connectivity index (χ4v) is 5.40. The van der Waals surface area contributed by atoms with Crippen LogP contribution in [0.15, 0.2) is 18.2 Å². The number of imide groups is 1. The van der Waals surface area contributed by atoms with Crippen LogP contribution in [0.2, 0.25) is 10.0 Å². The third kappa shape index (κ3) is 4.61. The summed E-state index contributed by atoms with van der Waals surface area (Å²) in [4.78, 5) is 44.6. The summed E-state index contributed by atoms with van der Waals surface area (Å²) < 4.78 is 0. The van der Waals surface area contributed by atoms with E-state index in [1.54, 1.807) is 24.0 Å². The van der Waals surface area contributed by atoms with Crippen molar-refractivity contribution in [2.24, 2.45) is 0 Å². The van der Waals surface area contributed by atoms with E-state index in [1.807, 2.05) is 6.07 Å². The minimum Gasteiger partial charge on any atom is -0.335 e. The van der Waals surface area contributed by atoms with E-state index in [2.05, 4.69) is 10.2 Å². The lowest BCUT2D eigenvalue weighted by Gasteiger charge is -2.31. The third-order valence-electron chi connectivity index (χ3n) is 6.95. The molecule has 1 atom stereocenters. The Labute approximate surface area is 199 Å². The van der Waals surface area contributed by atoms with Crippen LogP contribution in [0.25, 0.3) is 0 Å². The second kappa shape index (κ2) is 9.57. The monoisotopic (exact) mass is 480 g/mol. The Morgan fingerprint density at radius 3 is 2.47 bits per heavy atom. The molecular formula is C23H30Cl2N4O3. The van der Waals surface area contributed by atoms with Crippen molar-refractivity contribution in [2.45, 2.75) is 63.6 Å². The molecule has 0 radical (unpaired) electrons. The van der Waals surface area contributed by atoms with Gasteiger partial charge in [-0.2, -0.15) is 0 Å². The molecule has 1 spiro atoms. The number of hydrogen-bond acceptors (Lipinski definition) is 4. The second-order valence-corrected chi connectivity index (χ2v) is 9.94. The number of likely N-dealkylation sites (tertiary alicyclic amines) is 1. The van der Waals surface area contributed by atoms with Crippen LogP contribution >= 0.6 is 23.2 Å². The summed E-state index contributed by atoms with van der Waals surface area (Å²) in [5.41, 5.74) is 0.0289. The number of urea groups is 1. The zero-order valence-corrected chi connectivity index (χ0v) is 19.9. The first-order chi connectivity index (χ1) is 15.3. The van der Waals surface area contributed by atoms with Gasteiger partial charge in [-0.25, -0.2) is 9.69 Å². The van der Waals surface area contributed by atoms with Crippen LogP contribution < -0.4 is 5.32 Å². The van der Waals surface area contributed by atoms with Gasteiger partial charge < -0.3 is 15.1 Å². The van der Waals surface area contributed by atoms with Gasteiger partial charge in [0, 0.05) is 19.6 Å². The molecule has 2 aliphatic heterocycles. The van der Waals surface area contributed by atoms with Crippen LogP contribution in [0.1, 0.15) is 51.0 Å². The molecule has 4 rings (SSSR count). The van der Waals surface area contributed by atoms with Crippen LogP contribution in [0, 0.1) is 0 Å². The number of halogens is 2. The Hall–Kier alpha value is -1.83. The van der Waals surface area contributed by atoms with Gasteiger partial charge in [0.1, 0.15) is 11.6 Å². The fraction of sp³-hybridized carbons (Fsp3) is 0.609. The maximum atomic E-state index is 13.6. The first kappa shape index (κ1) is 23.3. The number of benzene rings is 1. The number of carbonyl (C=O) groups is 3. The van der Waals surface area contributed by atoms with E-state index < -0.39 is 17.6 Å². The van der Waals surface area contributed by atoms with Crippen molar-refractivity contribution in [1.29, 1.82) is 0 Å². The molecule has 32 heavy (non-hydrogen) atoms.